The van der Waals surface area contributed by atoms with E-state index in [2.05, 4.69) is 11.0 Å². The van der Waals surface area contributed by atoms with Gasteiger partial charge in [-0.05, 0) is 30.5 Å². The molecule has 1 saturated heterocycles. The van der Waals surface area contributed by atoms with E-state index >= 15 is 0 Å². The smallest absolute Gasteiger partial charge is 0.308 e. The molecule has 0 aliphatic carbocycles. The Balaban J connectivity index is 1.98. The van der Waals surface area contributed by atoms with Crippen molar-refractivity contribution < 1.29 is 9.90 Å². The maximum absolute atomic E-state index is 11.2. The van der Waals surface area contributed by atoms with Gasteiger partial charge >= 0.3 is 5.97 Å². The van der Waals surface area contributed by atoms with Gasteiger partial charge in [0.1, 0.15) is 5.82 Å². The number of benzene rings is 1. The number of carboxylic acids is 1. The number of fused-ring (bicyclic) bond motifs is 1. The van der Waals surface area contributed by atoms with Gasteiger partial charge in [-0.25, -0.2) is 4.98 Å². The third kappa shape index (κ3) is 2.11. The number of hydrogen-bond donors (Lipinski definition) is 1. The van der Waals surface area contributed by atoms with Gasteiger partial charge in [-0.2, -0.15) is 0 Å². The van der Waals surface area contributed by atoms with E-state index < -0.39 is 5.97 Å². The summed E-state index contributed by atoms with van der Waals surface area (Å²) in [5.41, 5.74) is 2.06. The topological polar surface area (TPSA) is 53.4 Å². The molecule has 2 heterocycles. The van der Waals surface area contributed by atoms with Crippen molar-refractivity contribution in [2.45, 2.75) is 13.8 Å². The molecule has 0 unspecified atom stereocenters. The minimum atomic E-state index is -0.710. The van der Waals surface area contributed by atoms with E-state index in [9.17, 15) is 9.90 Å². The fourth-order valence-electron chi connectivity index (χ4n) is 2.99. The summed E-state index contributed by atoms with van der Waals surface area (Å²) in [6, 6.07) is 10.1. The highest BCUT2D eigenvalue weighted by Gasteiger charge is 2.35. The highest BCUT2D eigenvalue weighted by Crippen LogP contribution is 2.30. The second-order valence-corrected chi connectivity index (χ2v) is 5.65. The van der Waals surface area contributed by atoms with E-state index in [1.807, 2.05) is 38.1 Å². The predicted octanol–water partition coefficient (Wildman–Crippen LogP) is 2.70. The maximum atomic E-state index is 11.2. The van der Waals surface area contributed by atoms with E-state index in [0.29, 0.717) is 6.54 Å². The summed E-state index contributed by atoms with van der Waals surface area (Å²) in [4.78, 5) is 18.1. The van der Waals surface area contributed by atoms with Gasteiger partial charge in [0.15, 0.2) is 0 Å². The molecule has 4 nitrogen and oxygen atoms in total. The SMILES string of the molecule is Cc1cc2ccccc2nc1N1C[C@@H](C)[C@H](C(=O)O)C1. The third-order valence-corrected chi connectivity index (χ3v) is 4.12. The van der Waals surface area contributed by atoms with E-state index in [1.54, 1.807) is 0 Å². The van der Waals surface area contributed by atoms with Gasteiger partial charge in [0.2, 0.25) is 0 Å². The summed E-state index contributed by atoms with van der Waals surface area (Å²) in [6.45, 7) is 5.33. The maximum Gasteiger partial charge on any atom is 0.308 e. The summed E-state index contributed by atoms with van der Waals surface area (Å²) >= 11 is 0. The Morgan fingerprint density at radius 2 is 2.10 bits per heavy atom. The third-order valence-electron chi connectivity index (χ3n) is 4.12. The van der Waals surface area contributed by atoms with Gasteiger partial charge in [0.25, 0.3) is 0 Å². The van der Waals surface area contributed by atoms with E-state index in [1.165, 1.54) is 0 Å². The number of carboxylic acid groups (broad SMARTS) is 1. The molecule has 2 atom stereocenters. The van der Waals surface area contributed by atoms with Crippen LogP contribution >= 0.6 is 0 Å². The molecule has 3 rings (SSSR count). The molecular formula is C16H18N2O2. The molecule has 0 radical (unpaired) electrons. The second-order valence-electron chi connectivity index (χ2n) is 5.65. The molecule has 0 spiro atoms. The zero-order chi connectivity index (χ0) is 14.3. The molecule has 4 heteroatoms. The second kappa shape index (κ2) is 4.78. The summed E-state index contributed by atoms with van der Waals surface area (Å²) in [6.07, 6.45) is 0. The van der Waals surface area contributed by atoms with Crippen LogP contribution in [0.1, 0.15) is 12.5 Å². The van der Waals surface area contributed by atoms with E-state index in [0.717, 1.165) is 28.8 Å². The van der Waals surface area contributed by atoms with E-state index in [4.69, 9.17) is 4.98 Å². The van der Waals surface area contributed by atoms with Gasteiger partial charge in [0.05, 0.1) is 11.4 Å². The van der Waals surface area contributed by atoms with Crippen molar-refractivity contribution in [2.75, 3.05) is 18.0 Å². The molecule has 0 bridgehead atoms. The van der Waals surface area contributed by atoms with Crippen LogP contribution in [0.25, 0.3) is 10.9 Å². The summed E-state index contributed by atoms with van der Waals surface area (Å²) < 4.78 is 0. The van der Waals surface area contributed by atoms with Crippen LogP contribution in [0, 0.1) is 18.8 Å². The number of carbonyl (C=O) groups is 1. The van der Waals surface area contributed by atoms with Gasteiger partial charge in [-0.1, -0.05) is 25.1 Å². The number of aliphatic carboxylic acids is 1. The van der Waals surface area contributed by atoms with Crippen molar-refractivity contribution >= 4 is 22.7 Å². The lowest BCUT2D eigenvalue weighted by atomic mass is 9.99. The molecule has 0 saturated carbocycles. The Bertz CT molecular complexity index is 669. The van der Waals surface area contributed by atoms with Crippen LogP contribution < -0.4 is 4.90 Å². The molecule has 1 aliphatic rings. The van der Waals surface area contributed by atoms with Crippen LogP contribution in [0.3, 0.4) is 0 Å². The quantitative estimate of drug-likeness (QED) is 0.911. The van der Waals surface area contributed by atoms with Crippen molar-refractivity contribution in [2.24, 2.45) is 11.8 Å². The lowest BCUT2D eigenvalue weighted by Crippen LogP contribution is -2.24. The molecule has 20 heavy (non-hydrogen) atoms. The zero-order valence-electron chi connectivity index (χ0n) is 11.7. The van der Waals surface area contributed by atoms with Gasteiger partial charge in [-0.3, -0.25) is 4.79 Å². The predicted molar refractivity (Wildman–Crippen MR) is 79.0 cm³/mol. The van der Waals surface area contributed by atoms with Crippen LogP contribution in [0.4, 0.5) is 5.82 Å². The fourth-order valence-corrected chi connectivity index (χ4v) is 2.99. The summed E-state index contributed by atoms with van der Waals surface area (Å²) in [7, 11) is 0. The molecule has 1 aromatic heterocycles. The first-order valence-corrected chi connectivity index (χ1v) is 6.90. The number of hydrogen-bond acceptors (Lipinski definition) is 3. The van der Waals surface area contributed by atoms with Crippen LogP contribution in [-0.4, -0.2) is 29.1 Å². The summed E-state index contributed by atoms with van der Waals surface area (Å²) in [5, 5.41) is 10.4. The van der Waals surface area contributed by atoms with Gasteiger partial charge < -0.3 is 10.0 Å². The molecule has 1 fully saturated rings. The normalized spacial score (nSPS) is 22.4. The highest BCUT2D eigenvalue weighted by molar-refractivity contribution is 5.82. The van der Waals surface area contributed by atoms with Gasteiger partial charge in [-0.15, -0.1) is 0 Å². The lowest BCUT2D eigenvalue weighted by molar-refractivity contribution is -0.142. The van der Waals surface area contributed by atoms with Crippen molar-refractivity contribution in [3.05, 3.63) is 35.9 Å². The largest absolute Gasteiger partial charge is 0.481 e. The Labute approximate surface area is 118 Å². The average molecular weight is 270 g/mol. The van der Waals surface area contributed by atoms with Crippen molar-refractivity contribution in [3.63, 3.8) is 0 Å². The Morgan fingerprint density at radius 3 is 2.80 bits per heavy atom. The van der Waals surface area contributed by atoms with Gasteiger partial charge in [0, 0.05) is 18.5 Å². The lowest BCUT2D eigenvalue weighted by Gasteiger charge is -2.20. The Hall–Kier alpha value is -2.10. The van der Waals surface area contributed by atoms with Crippen molar-refractivity contribution in [1.82, 2.24) is 4.98 Å². The number of rotatable bonds is 2. The number of anilines is 1. The van der Waals surface area contributed by atoms with Crippen LogP contribution in [0.2, 0.25) is 0 Å². The first-order chi connectivity index (χ1) is 9.56. The Morgan fingerprint density at radius 1 is 1.35 bits per heavy atom. The number of aryl methyl sites for hydroxylation is 1. The number of nitrogens with zero attached hydrogens (tertiary/aromatic N) is 2. The molecule has 1 N–H and O–H groups in total. The molecule has 1 aliphatic heterocycles. The zero-order valence-corrected chi connectivity index (χ0v) is 11.7. The first kappa shape index (κ1) is 12.9. The van der Waals surface area contributed by atoms with Crippen molar-refractivity contribution in [3.8, 4) is 0 Å². The Kier molecular flexibility index (Phi) is 3.08. The molecule has 2 aromatic rings. The monoisotopic (exact) mass is 270 g/mol. The number of aromatic nitrogens is 1. The standard InChI is InChI=1S/C16H18N2O2/c1-10-7-12-5-3-4-6-14(12)17-15(10)18-8-11(2)13(9-18)16(19)20/h3-7,11,13H,8-9H2,1-2H3,(H,19,20)/t11-,13-/m1/s1. The number of pyridine rings is 1. The minimum Gasteiger partial charge on any atom is -0.481 e. The van der Waals surface area contributed by atoms with Crippen LogP contribution in [0.5, 0.6) is 0 Å². The fraction of sp³-hybridized carbons (Fsp3) is 0.375. The van der Waals surface area contributed by atoms with Crippen LogP contribution in [0.15, 0.2) is 30.3 Å². The average Bonchev–Trinajstić information content (AvgIpc) is 2.80. The number of para-hydroxylation sites is 1. The molecular weight excluding hydrogens is 252 g/mol. The molecule has 104 valence electrons. The van der Waals surface area contributed by atoms with E-state index in [-0.39, 0.29) is 11.8 Å². The highest BCUT2D eigenvalue weighted by atomic mass is 16.4. The summed E-state index contributed by atoms with van der Waals surface area (Å²) in [5.74, 6) is 0.0561. The van der Waals surface area contributed by atoms with Crippen LogP contribution in [-0.2, 0) is 4.79 Å². The molecule has 0 amide bonds. The minimum absolute atomic E-state index is 0.153. The molecule has 1 aromatic carbocycles. The van der Waals surface area contributed by atoms with Crippen molar-refractivity contribution in [1.29, 1.82) is 0 Å². The first-order valence-electron chi connectivity index (χ1n) is 6.90.